The van der Waals surface area contributed by atoms with Gasteiger partial charge in [0.2, 0.25) is 0 Å². The number of ether oxygens (including phenoxy) is 1. The Hall–Kier alpha value is -2.86. The van der Waals surface area contributed by atoms with Crippen LogP contribution in [0, 0.1) is 6.92 Å². The van der Waals surface area contributed by atoms with Gasteiger partial charge in [-0.25, -0.2) is 4.68 Å². The highest BCUT2D eigenvalue weighted by molar-refractivity contribution is 6.32. The summed E-state index contributed by atoms with van der Waals surface area (Å²) in [6.07, 6.45) is 2.56. The summed E-state index contributed by atoms with van der Waals surface area (Å²) in [6.45, 7) is 3.61. The molecule has 3 aromatic rings. The number of halogens is 1. The second kappa shape index (κ2) is 7.36. The van der Waals surface area contributed by atoms with Crippen LogP contribution in [0.4, 0.5) is 5.69 Å². The van der Waals surface area contributed by atoms with Crippen molar-refractivity contribution >= 4 is 23.2 Å². The first-order valence-electron chi connectivity index (χ1n) is 7.74. The molecule has 25 heavy (non-hydrogen) atoms. The third-order valence-electron chi connectivity index (χ3n) is 3.59. The highest BCUT2D eigenvalue weighted by atomic mass is 35.5. The quantitative estimate of drug-likeness (QED) is 0.757. The molecule has 1 heterocycles. The summed E-state index contributed by atoms with van der Waals surface area (Å²) in [5.41, 5.74) is 2.33. The van der Waals surface area contributed by atoms with E-state index < -0.39 is 6.10 Å². The topological polar surface area (TPSA) is 69.0 Å². The highest BCUT2D eigenvalue weighted by Crippen LogP contribution is 2.26. The summed E-state index contributed by atoms with van der Waals surface area (Å²) in [4.78, 5) is 12.5. The summed E-state index contributed by atoms with van der Waals surface area (Å²) in [6, 6.07) is 12.8. The maximum Gasteiger partial charge on any atom is 0.265 e. The van der Waals surface area contributed by atoms with Crippen molar-refractivity contribution in [2.24, 2.45) is 0 Å². The zero-order chi connectivity index (χ0) is 17.8. The zero-order valence-corrected chi connectivity index (χ0v) is 14.6. The molecule has 1 unspecified atom stereocenters. The maximum absolute atomic E-state index is 12.5. The van der Waals surface area contributed by atoms with Gasteiger partial charge >= 0.3 is 0 Å². The molecule has 128 valence electrons. The number of aryl methyl sites for hydroxylation is 1. The van der Waals surface area contributed by atoms with Crippen LogP contribution in [-0.4, -0.2) is 27.0 Å². The van der Waals surface area contributed by atoms with E-state index in [-0.39, 0.29) is 5.91 Å². The molecule has 0 bridgehead atoms. The number of benzene rings is 2. The first-order valence-corrected chi connectivity index (χ1v) is 8.12. The molecule has 0 saturated carbocycles. The molecule has 0 radical (unpaired) electrons. The molecule has 1 atom stereocenters. The van der Waals surface area contributed by atoms with Crippen LogP contribution in [0.3, 0.4) is 0 Å². The third-order valence-corrected chi connectivity index (χ3v) is 3.90. The van der Waals surface area contributed by atoms with Crippen LogP contribution in [0.15, 0.2) is 54.9 Å². The standard InChI is InChI=1S/C18H17ClN4O2/c1-12-7-8-14(19)17(11-12)25-13(2)18(24)21-15-5-3-4-6-16(15)23-10-9-20-22-23/h3-11,13H,1-2H3,(H,21,24). The van der Waals surface area contributed by atoms with Gasteiger partial charge in [-0.05, 0) is 43.7 Å². The van der Waals surface area contributed by atoms with E-state index in [2.05, 4.69) is 15.6 Å². The molecular weight excluding hydrogens is 340 g/mol. The number of para-hydroxylation sites is 2. The van der Waals surface area contributed by atoms with Crippen molar-refractivity contribution in [3.63, 3.8) is 0 Å². The number of amides is 1. The minimum atomic E-state index is -0.719. The van der Waals surface area contributed by atoms with Crippen LogP contribution in [0.2, 0.25) is 5.02 Å². The number of carbonyl (C=O) groups is 1. The van der Waals surface area contributed by atoms with E-state index in [0.29, 0.717) is 22.1 Å². The number of nitrogens with zero attached hydrogens (tertiary/aromatic N) is 3. The predicted molar refractivity (Wildman–Crippen MR) is 96.3 cm³/mol. The van der Waals surface area contributed by atoms with Gasteiger partial charge in [-0.3, -0.25) is 4.79 Å². The number of anilines is 1. The molecule has 1 amide bonds. The smallest absolute Gasteiger partial charge is 0.265 e. The van der Waals surface area contributed by atoms with E-state index in [9.17, 15) is 4.79 Å². The number of rotatable bonds is 5. The van der Waals surface area contributed by atoms with Crippen LogP contribution < -0.4 is 10.1 Å². The molecule has 1 aromatic heterocycles. The maximum atomic E-state index is 12.5. The second-order valence-corrected chi connectivity index (χ2v) is 5.96. The van der Waals surface area contributed by atoms with E-state index in [0.717, 1.165) is 5.56 Å². The van der Waals surface area contributed by atoms with Crippen molar-refractivity contribution in [2.45, 2.75) is 20.0 Å². The lowest BCUT2D eigenvalue weighted by atomic mass is 10.2. The molecule has 0 fully saturated rings. The van der Waals surface area contributed by atoms with Gasteiger partial charge in [0.1, 0.15) is 5.75 Å². The monoisotopic (exact) mass is 356 g/mol. The van der Waals surface area contributed by atoms with Gasteiger partial charge in [0.15, 0.2) is 6.10 Å². The van der Waals surface area contributed by atoms with Crippen LogP contribution in [0.1, 0.15) is 12.5 Å². The third kappa shape index (κ3) is 3.97. The van der Waals surface area contributed by atoms with Gasteiger partial charge in [0.25, 0.3) is 5.91 Å². The fourth-order valence-electron chi connectivity index (χ4n) is 2.30. The largest absolute Gasteiger partial charge is 0.479 e. The predicted octanol–water partition coefficient (Wildman–Crippen LogP) is 3.64. The van der Waals surface area contributed by atoms with Gasteiger partial charge in [-0.1, -0.05) is 35.0 Å². The number of nitrogens with one attached hydrogen (secondary N) is 1. The lowest BCUT2D eigenvalue weighted by molar-refractivity contribution is -0.122. The summed E-state index contributed by atoms with van der Waals surface area (Å²) < 4.78 is 7.29. The second-order valence-electron chi connectivity index (χ2n) is 5.55. The highest BCUT2D eigenvalue weighted by Gasteiger charge is 2.18. The Balaban J connectivity index is 1.75. The minimum absolute atomic E-state index is 0.287. The van der Waals surface area contributed by atoms with Gasteiger partial charge in [0.05, 0.1) is 28.8 Å². The molecule has 0 saturated heterocycles. The molecule has 0 aliphatic heterocycles. The van der Waals surface area contributed by atoms with E-state index >= 15 is 0 Å². The van der Waals surface area contributed by atoms with Gasteiger partial charge in [-0.15, -0.1) is 5.10 Å². The van der Waals surface area contributed by atoms with E-state index in [1.165, 1.54) is 0 Å². The van der Waals surface area contributed by atoms with Crippen LogP contribution in [0.5, 0.6) is 5.75 Å². The summed E-state index contributed by atoms with van der Waals surface area (Å²) >= 11 is 6.12. The lowest BCUT2D eigenvalue weighted by Gasteiger charge is -2.17. The van der Waals surface area contributed by atoms with E-state index in [1.807, 2.05) is 31.2 Å². The lowest BCUT2D eigenvalue weighted by Crippen LogP contribution is -2.30. The normalized spacial score (nSPS) is 11.8. The van der Waals surface area contributed by atoms with Crippen LogP contribution in [-0.2, 0) is 4.79 Å². The van der Waals surface area contributed by atoms with E-state index in [4.69, 9.17) is 16.3 Å². The molecule has 3 rings (SSSR count). The molecular formula is C18H17ClN4O2. The van der Waals surface area contributed by atoms with Crippen LogP contribution in [0.25, 0.3) is 5.69 Å². The first kappa shape index (κ1) is 17.0. The molecule has 6 nitrogen and oxygen atoms in total. The summed E-state index contributed by atoms with van der Waals surface area (Å²) in [5, 5.41) is 11.1. The number of aromatic nitrogens is 3. The molecule has 2 aromatic carbocycles. The van der Waals surface area contributed by atoms with Gasteiger partial charge < -0.3 is 10.1 Å². The zero-order valence-electron chi connectivity index (χ0n) is 13.8. The molecule has 0 aliphatic rings. The van der Waals surface area contributed by atoms with Crippen molar-refractivity contribution in [1.29, 1.82) is 0 Å². The molecule has 0 spiro atoms. The fourth-order valence-corrected chi connectivity index (χ4v) is 2.46. The van der Waals surface area contributed by atoms with Crippen molar-refractivity contribution in [1.82, 2.24) is 15.0 Å². The van der Waals surface area contributed by atoms with Crippen molar-refractivity contribution in [2.75, 3.05) is 5.32 Å². The fraction of sp³-hybridized carbons (Fsp3) is 0.167. The average molecular weight is 357 g/mol. The number of hydrogen-bond acceptors (Lipinski definition) is 4. The van der Waals surface area contributed by atoms with Crippen molar-refractivity contribution in [3.05, 3.63) is 65.4 Å². The Morgan fingerprint density at radius 2 is 2.08 bits per heavy atom. The van der Waals surface area contributed by atoms with E-state index in [1.54, 1.807) is 42.2 Å². The minimum Gasteiger partial charge on any atom is -0.479 e. The van der Waals surface area contributed by atoms with Crippen molar-refractivity contribution < 1.29 is 9.53 Å². The summed E-state index contributed by atoms with van der Waals surface area (Å²) in [5.74, 6) is 0.194. The summed E-state index contributed by atoms with van der Waals surface area (Å²) in [7, 11) is 0. The molecule has 1 N–H and O–H groups in total. The Kier molecular flexibility index (Phi) is 5.00. The Morgan fingerprint density at radius 3 is 2.84 bits per heavy atom. The van der Waals surface area contributed by atoms with Gasteiger partial charge in [-0.2, -0.15) is 0 Å². The average Bonchev–Trinajstić information content (AvgIpc) is 3.13. The van der Waals surface area contributed by atoms with Gasteiger partial charge in [0, 0.05) is 0 Å². The number of carbonyl (C=O) groups excluding carboxylic acids is 1. The first-order chi connectivity index (χ1) is 12.0. The molecule has 7 heteroatoms. The Labute approximate surface area is 150 Å². The Morgan fingerprint density at radius 1 is 1.28 bits per heavy atom. The van der Waals surface area contributed by atoms with Crippen molar-refractivity contribution in [3.8, 4) is 11.4 Å². The Bertz CT molecular complexity index is 881. The SMILES string of the molecule is Cc1ccc(Cl)c(OC(C)C(=O)Nc2ccccc2-n2ccnn2)c1. The molecule has 0 aliphatic carbocycles. The van der Waals surface area contributed by atoms with Crippen LogP contribution >= 0.6 is 11.6 Å². The number of hydrogen-bond donors (Lipinski definition) is 1.